The Labute approximate surface area is 169 Å². The van der Waals surface area contributed by atoms with E-state index in [1.807, 2.05) is 38.1 Å². The smallest absolute Gasteiger partial charge is 0.272 e. The molecule has 0 radical (unpaired) electrons. The molecule has 2 aliphatic heterocycles. The van der Waals surface area contributed by atoms with Crippen molar-refractivity contribution in [3.05, 3.63) is 53.0 Å². The Kier molecular flexibility index (Phi) is 5.12. The first-order valence-corrected chi connectivity index (χ1v) is 9.73. The summed E-state index contributed by atoms with van der Waals surface area (Å²) < 4.78 is 11.2. The van der Waals surface area contributed by atoms with Gasteiger partial charge < -0.3 is 36.3 Å². The molecule has 4 rings (SSSR count). The number of carbonyl (C=O) groups excluding carboxylic acids is 1. The summed E-state index contributed by atoms with van der Waals surface area (Å²) in [6, 6.07) is 7.77. The molecule has 9 nitrogen and oxygen atoms in total. The fourth-order valence-corrected chi connectivity index (χ4v) is 3.30. The third kappa shape index (κ3) is 4.31. The van der Waals surface area contributed by atoms with Crippen molar-refractivity contribution in [1.82, 2.24) is 21.3 Å². The Hall–Kier alpha value is -2.75. The van der Waals surface area contributed by atoms with E-state index in [0.29, 0.717) is 17.2 Å². The van der Waals surface area contributed by atoms with Gasteiger partial charge >= 0.3 is 0 Å². The van der Waals surface area contributed by atoms with E-state index in [1.54, 1.807) is 0 Å². The van der Waals surface area contributed by atoms with E-state index in [2.05, 4.69) is 21.3 Å². The first-order chi connectivity index (χ1) is 13.8. The molecule has 0 spiro atoms. The highest BCUT2D eigenvalue weighted by Crippen LogP contribution is 2.41. The molecule has 9 heteroatoms. The molecular weight excluding hydrogens is 374 g/mol. The number of carbonyl (C=O) groups is 1. The van der Waals surface area contributed by atoms with Gasteiger partial charge in [0.1, 0.15) is 17.6 Å². The second kappa shape index (κ2) is 7.58. The number of nitrogens with two attached hydrogens (primary N) is 1. The van der Waals surface area contributed by atoms with E-state index < -0.39 is 18.1 Å². The standard InChI is InChI=1S/C20H27N5O4/c1-11-4-3-5-13(8-11)17-16(23-12(2)29-17)18(26)25-15(21)9-22-19-24-14(10-28-19)20(27)6-7-20/h3-5,8,10,12,15,19,22-24,27H,6-7,9,21H2,1-2H3,(H,25,26). The summed E-state index contributed by atoms with van der Waals surface area (Å²) in [5, 5.41) is 22.0. The molecule has 1 aliphatic carbocycles. The third-order valence-electron chi connectivity index (χ3n) is 5.05. The molecular formula is C20H27N5O4. The molecule has 1 amide bonds. The molecule has 3 unspecified atom stereocenters. The largest absolute Gasteiger partial charge is 0.468 e. The maximum Gasteiger partial charge on any atom is 0.272 e. The highest BCUT2D eigenvalue weighted by atomic mass is 16.5. The molecule has 1 fully saturated rings. The van der Waals surface area contributed by atoms with Crippen molar-refractivity contribution in [2.75, 3.05) is 6.54 Å². The maximum absolute atomic E-state index is 12.7. The van der Waals surface area contributed by atoms with Crippen LogP contribution < -0.4 is 27.0 Å². The number of rotatable bonds is 7. The second-order valence-electron chi connectivity index (χ2n) is 7.69. The molecule has 0 saturated heterocycles. The Balaban J connectivity index is 1.32. The van der Waals surface area contributed by atoms with E-state index in [-0.39, 0.29) is 18.7 Å². The van der Waals surface area contributed by atoms with Gasteiger partial charge in [0.2, 0.25) is 6.35 Å². The quantitative estimate of drug-likeness (QED) is 0.349. The van der Waals surface area contributed by atoms with Crippen LogP contribution >= 0.6 is 0 Å². The van der Waals surface area contributed by atoms with Crippen LogP contribution in [0.15, 0.2) is 41.9 Å². The zero-order valence-corrected chi connectivity index (χ0v) is 16.5. The number of hydrogen-bond donors (Lipinski definition) is 6. The van der Waals surface area contributed by atoms with E-state index in [9.17, 15) is 9.90 Å². The Morgan fingerprint density at radius 2 is 2.21 bits per heavy atom. The van der Waals surface area contributed by atoms with Crippen molar-refractivity contribution in [2.45, 2.75) is 51.0 Å². The van der Waals surface area contributed by atoms with Crippen molar-refractivity contribution < 1.29 is 19.4 Å². The van der Waals surface area contributed by atoms with Crippen molar-refractivity contribution >= 4 is 11.7 Å². The van der Waals surface area contributed by atoms with Crippen LogP contribution in [-0.4, -0.2) is 41.9 Å². The molecule has 2 heterocycles. The number of aryl methyl sites for hydroxylation is 1. The zero-order chi connectivity index (χ0) is 20.6. The number of amides is 1. The SMILES string of the molecule is Cc1cccc(C2=C(C(=O)NC(N)CNC3NC(C4(O)CC4)=CO3)NC(C)O2)c1. The Morgan fingerprint density at radius 3 is 2.93 bits per heavy atom. The number of benzene rings is 1. The highest BCUT2D eigenvalue weighted by Gasteiger charge is 2.47. The summed E-state index contributed by atoms with van der Waals surface area (Å²) in [4.78, 5) is 12.7. The van der Waals surface area contributed by atoms with E-state index in [4.69, 9.17) is 15.2 Å². The first kappa shape index (κ1) is 19.6. The monoisotopic (exact) mass is 401 g/mol. The van der Waals surface area contributed by atoms with Gasteiger partial charge in [-0.1, -0.05) is 23.8 Å². The average molecular weight is 401 g/mol. The second-order valence-corrected chi connectivity index (χ2v) is 7.69. The van der Waals surface area contributed by atoms with Crippen LogP contribution in [0.5, 0.6) is 0 Å². The Morgan fingerprint density at radius 1 is 1.41 bits per heavy atom. The number of ether oxygens (including phenoxy) is 2. The maximum atomic E-state index is 12.7. The van der Waals surface area contributed by atoms with E-state index >= 15 is 0 Å². The summed E-state index contributed by atoms with van der Waals surface area (Å²) in [6.45, 7) is 4.09. The van der Waals surface area contributed by atoms with Gasteiger partial charge in [0.15, 0.2) is 12.0 Å². The fraction of sp³-hybridized carbons (Fsp3) is 0.450. The minimum absolute atomic E-state index is 0.270. The zero-order valence-electron chi connectivity index (χ0n) is 16.5. The summed E-state index contributed by atoms with van der Waals surface area (Å²) in [5.74, 6) is 0.165. The number of hydrogen-bond acceptors (Lipinski definition) is 8. The van der Waals surface area contributed by atoms with Gasteiger partial charge in [-0.3, -0.25) is 10.1 Å². The van der Waals surface area contributed by atoms with Gasteiger partial charge in [-0.25, -0.2) is 0 Å². The fourth-order valence-electron chi connectivity index (χ4n) is 3.30. The lowest BCUT2D eigenvalue weighted by molar-refractivity contribution is -0.118. The van der Waals surface area contributed by atoms with Crippen LogP contribution in [0, 0.1) is 6.92 Å². The summed E-state index contributed by atoms with van der Waals surface area (Å²) >= 11 is 0. The molecule has 29 heavy (non-hydrogen) atoms. The lowest BCUT2D eigenvalue weighted by Gasteiger charge is -2.20. The third-order valence-corrected chi connectivity index (χ3v) is 5.05. The molecule has 0 aromatic heterocycles. The predicted molar refractivity (Wildman–Crippen MR) is 106 cm³/mol. The highest BCUT2D eigenvalue weighted by molar-refractivity contribution is 6.00. The predicted octanol–water partition coefficient (Wildman–Crippen LogP) is -0.110. The average Bonchev–Trinajstić information content (AvgIpc) is 3.09. The molecule has 1 saturated carbocycles. The Bertz CT molecular complexity index is 864. The van der Waals surface area contributed by atoms with Crippen LogP contribution in [0.25, 0.3) is 5.76 Å². The molecule has 3 atom stereocenters. The normalized spacial score (nSPS) is 25.3. The first-order valence-electron chi connectivity index (χ1n) is 9.73. The van der Waals surface area contributed by atoms with Crippen molar-refractivity contribution in [3.63, 3.8) is 0 Å². The molecule has 0 bridgehead atoms. The summed E-state index contributed by atoms with van der Waals surface area (Å²) in [7, 11) is 0. The lowest BCUT2D eigenvalue weighted by Crippen LogP contribution is -2.53. The lowest BCUT2D eigenvalue weighted by atomic mass is 10.1. The van der Waals surface area contributed by atoms with Gasteiger partial charge in [-0.15, -0.1) is 0 Å². The molecule has 1 aromatic rings. The molecule has 156 valence electrons. The van der Waals surface area contributed by atoms with Crippen LogP contribution in [-0.2, 0) is 14.3 Å². The van der Waals surface area contributed by atoms with Gasteiger partial charge in [0.25, 0.3) is 5.91 Å². The minimum atomic E-state index is -0.781. The number of nitrogens with one attached hydrogen (secondary N) is 4. The van der Waals surface area contributed by atoms with E-state index in [1.165, 1.54) is 6.26 Å². The van der Waals surface area contributed by atoms with Crippen molar-refractivity contribution in [2.24, 2.45) is 5.73 Å². The number of aliphatic hydroxyl groups is 1. The molecule has 1 aromatic carbocycles. The minimum Gasteiger partial charge on any atom is -0.468 e. The van der Waals surface area contributed by atoms with Crippen LogP contribution in [0.3, 0.4) is 0 Å². The van der Waals surface area contributed by atoms with Gasteiger partial charge in [-0.05, 0) is 32.8 Å². The summed E-state index contributed by atoms with van der Waals surface area (Å²) in [5.41, 5.74) is 8.21. The summed E-state index contributed by atoms with van der Waals surface area (Å²) in [6.07, 6.45) is 1.52. The van der Waals surface area contributed by atoms with Crippen LogP contribution in [0.1, 0.15) is 30.9 Å². The van der Waals surface area contributed by atoms with Gasteiger partial charge in [0.05, 0.1) is 11.9 Å². The van der Waals surface area contributed by atoms with Gasteiger partial charge in [-0.2, -0.15) is 0 Å². The topological polar surface area (TPSA) is 130 Å². The van der Waals surface area contributed by atoms with Crippen molar-refractivity contribution in [1.29, 1.82) is 0 Å². The molecule has 7 N–H and O–H groups in total. The molecule has 3 aliphatic rings. The van der Waals surface area contributed by atoms with E-state index in [0.717, 1.165) is 24.0 Å². The van der Waals surface area contributed by atoms with Crippen molar-refractivity contribution in [3.8, 4) is 0 Å². The van der Waals surface area contributed by atoms with Gasteiger partial charge in [0, 0.05) is 12.1 Å². The van der Waals surface area contributed by atoms with Crippen LogP contribution in [0.4, 0.5) is 0 Å². The van der Waals surface area contributed by atoms with Crippen LogP contribution in [0.2, 0.25) is 0 Å².